The van der Waals surface area contributed by atoms with Crippen LogP contribution in [0.3, 0.4) is 0 Å². The Morgan fingerprint density at radius 2 is 1.79 bits per heavy atom. The Morgan fingerprint density at radius 3 is 2.55 bits per heavy atom. The molecule has 0 unspecified atom stereocenters. The van der Waals surface area contributed by atoms with Gasteiger partial charge in [-0.15, -0.1) is 0 Å². The fourth-order valence-corrected chi connectivity index (χ4v) is 5.01. The molecule has 1 aliphatic heterocycles. The van der Waals surface area contributed by atoms with Crippen molar-refractivity contribution in [1.82, 2.24) is 14.8 Å². The summed E-state index contributed by atoms with van der Waals surface area (Å²) >= 11 is 5.57. The molecule has 1 saturated heterocycles. The highest BCUT2D eigenvalue weighted by atomic mass is 32.1. The Morgan fingerprint density at radius 1 is 1.09 bits per heavy atom. The number of nitrogens with zero attached hydrogens (tertiary/aromatic N) is 3. The van der Waals surface area contributed by atoms with Gasteiger partial charge in [-0.1, -0.05) is 49.2 Å². The van der Waals surface area contributed by atoms with Crippen molar-refractivity contribution in [2.75, 3.05) is 11.9 Å². The molecule has 1 aromatic heterocycles. The standard InChI is InChI=1S/C26H26N4O2S/c1-28-23(25(32)30(26(28)33)20-11-3-2-4-12-20)15-18-16-29(22-14-8-7-13-21(18)22)17-24(31)27-19-9-5-6-10-19/h2-4,7-8,11-16,19H,5-6,9-10,17H2,1H3,(H,27,31)/b23-15+. The first-order valence-corrected chi connectivity index (χ1v) is 11.7. The number of thiocarbonyl (C=S) groups is 1. The van der Waals surface area contributed by atoms with Gasteiger partial charge in [-0.25, -0.2) is 0 Å². The second-order valence-electron chi connectivity index (χ2n) is 8.63. The minimum absolute atomic E-state index is 0.0207. The Kier molecular flexibility index (Phi) is 5.72. The van der Waals surface area contributed by atoms with Crippen LogP contribution < -0.4 is 10.2 Å². The van der Waals surface area contributed by atoms with Crippen LogP contribution in [0, 0.1) is 0 Å². The average Bonchev–Trinajstić information content (AvgIpc) is 3.50. The molecule has 3 aromatic rings. The minimum atomic E-state index is -0.162. The molecular formula is C26H26N4O2S. The van der Waals surface area contributed by atoms with Crippen molar-refractivity contribution in [3.05, 3.63) is 72.1 Å². The van der Waals surface area contributed by atoms with Crippen LogP contribution in [-0.4, -0.2) is 39.5 Å². The molecule has 2 fully saturated rings. The Bertz CT molecular complexity index is 1260. The van der Waals surface area contributed by atoms with Crippen LogP contribution >= 0.6 is 12.2 Å². The van der Waals surface area contributed by atoms with Crippen LogP contribution in [0.1, 0.15) is 31.2 Å². The molecule has 0 atom stereocenters. The fraction of sp³-hybridized carbons (Fsp3) is 0.269. The molecule has 0 radical (unpaired) electrons. The quantitative estimate of drug-likeness (QED) is 0.457. The van der Waals surface area contributed by atoms with Gasteiger partial charge in [0.2, 0.25) is 5.91 Å². The third-order valence-electron chi connectivity index (χ3n) is 6.42. The lowest BCUT2D eigenvalue weighted by Gasteiger charge is -2.16. The van der Waals surface area contributed by atoms with Crippen LogP contribution in [0.4, 0.5) is 5.69 Å². The van der Waals surface area contributed by atoms with Crippen LogP contribution in [0.2, 0.25) is 0 Å². The van der Waals surface area contributed by atoms with Crippen molar-refractivity contribution in [3.8, 4) is 0 Å². The molecule has 168 valence electrons. The summed E-state index contributed by atoms with van der Waals surface area (Å²) in [6.45, 7) is 0.249. The summed E-state index contributed by atoms with van der Waals surface area (Å²) in [7, 11) is 1.81. The number of hydrogen-bond donors (Lipinski definition) is 1. The number of nitrogens with one attached hydrogen (secondary N) is 1. The number of amides is 2. The van der Waals surface area contributed by atoms with E-state index in [0.29, 0.717) is 10.8 Å². The molecule has 0 spiro atoms. The number of hydrogen-bond acceptors (Lipinski definition) is 3. The Labute approximate surface area is 198 Å². The number of carbonyl (C=O) groups is 2. The van der Waals surface area contributed by atoms with E-state index in [1.54, 1.807) is 9.80 Å². The zero-order chi connectivity index (χ0) is 22.9. The van der Waals surface area contributed by atoms with Crippen LogP contribution in [0.15, 0.2) is 66.5 Å². The van der Waals surface area contributed by atoms with Crippen molar-refractivity contribution in [2.45, 2.75) is 38.3 Å². The number of carbonyl (C=O) groups excluding carboxylic acids is 2. The predicted molar refractivity (Wildman–Crippen MR) is 135 cm³/mol. The molecule has 2 heterocycles. The van der Waals surface area contributed by atoms with Gasteiger partial charge in [-0.2, -0.15) is 0 Å². The van der Waals surface area contributed by atoms with E-state index in [-0.39, 0.29) is 24.4 Å². The number of benzene rings is 2. The molecule has 33 heavy (non-hydrogen) atoms. The van der Waals surface area contributed by atoms with Gasteiger partial charge in [0.1, 0.15) is 12.2 Å². The molecule has 0 bridgehead atoms. The fourth-order valence-electron chi connectivity index (χ4n) is 4.73. The van der Waals surface area contributed by atoms with E-state index in [0.717, 1.165) is 35.0 Å². The lowest BCUT2D eigenvalue weighted by molar-refractivity contribution is -0.122. The molecule has 7 heteroatoms. The SMILES string of the molecule is CN1C(=S)N(c2ccccc2)C(=O)/C1=C\c1cn(CC(=O)NC2CCCC2)c2ccccc12. The topological polar surface area (TPSA) is 57.6 Å². The van der Waals surface area contributed by atoms with E-state index in [4.69, 9.17) is 12.2 Å². The van der Waals surface area contributed by atoms with E-state index in [2.05, 4.69) is 5.32 Å². The maximum Gasteiger partial charge on any atom is 0.281 e. The van der Waals surface area contributed by atoms with E-state index >= 15 is 0 Å². The number of likely N-dealkylation sites (N-methyl/N-ethyl adjacent to an activating group) is 1. The molecule has 5 rings (SSSR count). The van der Waals surface area contributed by atoms with Gasteiger partial charge < -0.3 is 14.8 Å². The molecule has 1 saturated carbocycles. The van der Waals surface area contributed by atoms with E-state index in [9.17, 15) is 9.59 Å². The predicted octanol–water partition coefficient (Wildman–Crippen LogP) is 4.30. The van der Waals surface area contributed by atoms with Gasteiger partial charge in [0.25, 0.3) is 5.91 Å². The highest BCUT2D eigenvalue weighted by molar-refractivity contribution is 7.80. The summed E-state index contributed by atoms with van der Waals surface area (Å²) < 4.78 is 1.96. The Hall–Kier alpha value is -3.45. The maximum atomic E-state index is 13.3. The summed E-state index contributed by atoms with van der Waals surface area (Å²) in [5.74, 6) is -0.142. The zero-order valence-corrected chi connectivity index (χ0v) is 19.3. The first-order valence-electron chi connectivity index (χ1n) is 11.3. The van der Waals surface area contributed by atoms with Gasteiger partial charge in [0.05, 0.1) is 5.69 Å². The van der Waals surface area contributed by atoms with Crippen LogP contribution in [0.25, 0.3) is 17.0 Å². The van der Waals surface area contributed by atoms with E-state index < -0.39 is 0 Å². The summed E-state index contributed by atoms with van der Waals surface area (Å²) in [6, 6.07) is 17.7. The first kappa shape index (κ1) is 21.4. The highest BCUT2D eigenvalue weighted by Gasteiger charge is 2.36. The van der Waals surface area contributed by atoms with Crippen molar-refractivity contribution in [2.24, 2.45) is 0 Å². The lowest BCUT2D eigenvalue weighted by Crippen LogP contribution is -2.35. The normalized spacial score (nSPS) is 18.2. The number of anilines is 1. The zero-order valence-electron chi connectivity index (χ0n) is 18.5. The summed E-state index contributed by atoms with van der Waals surface area (Å²) in [5, 5.41) is 4.59. The third kappa shape index (κ3) is 4.04. The largest absolute Gasteiger partial charge is 0.352 e. The molecule has 2 aromatic carbocycles. The molecule has 1 aliphatic carbocycles. The number of aromatic nitrogens is 1. The summed E-state index contributed by atoms with van der Waals surface area (Å²) in [5.41, 5.74) is 3.09. The first-order chi connectivity index (χ1) is 16.0. The molecule has 1 N–H and O–H groups in total. The van der Waals surface area contributed by atoms with Gasteiger partial charge in [0.15, 0.2) is 5.11 Å². The maximum absolute atomic E-state index is 13.3. The monoisotopic (exact) mass is 458 g/mol. The summed E-state index contributed by atoms with van der Waals surface area (Å²) in [4.78, 5) is 29.3. The second kappa shape index (κ2) is 8.83. The lowest BCUT2D eigenvalue weighted by atomic mass is 10.1. The number of rotatable bonds is 5. The smallest absolute Gasteiger partial charge is 0.281 e. The second-order valence-corrected chi connectivity index (χ2v) is 8.99. The number of para-hydroxylation sites is 2. The third-order valence-corrected chi connectivity index (χ3v) is 6.88. The van der Waals surface area contributed by atoms with Gasteiger partial charge in [0, 0.05) is 35.8 Å². The highest BCUT2D eigenvalue weighted by Crippen LogP contribution is 2.30. The summed E-state index contributed by atoms with van der Waals surface area (Å²) in [6.07, 6.45) is 8.28. The van der Waals surface area contributed by atoms with Crippen molar-refractivity contribution >= 4 is 51.8 Å². The van der Waals surface area contributed by atoms with Crippen LogP contribution in [-0.2, 0) is 16.1 Å². The van der Waals surface area contributed by atoms with Crippen LogP contribution in [0.5, 0.6) is 0 Å². The molecule has 6 nitrogen and oxygen atoms in total. The van der Waals surface area contributed by atoms with E-state index in [1.165, 1.54) is 12.8 Å². The van der Waals surface area contributed by atoms with Crippen molar-refractivity contribution in [1.29, 1.82) is 0 Å². The van der Waals surface area contributed by atoms with E-state index in [1.807, 2.05) is 78.5 Å². The van der Waals surface area contributed by atoms with Crippen molar-refractivity contribution in [3.63, 3.8) is 0 Å². The average molecular weight is 459 g/mol. The number of fused-ring (bicyclic) bond motifs is 1. The van der Waals surface area contributed by atoms with Gasteiger partial charge in [-0.05, 0) is 49.3 Å². The molecular weight excluding hydrogens is 432 g/mol. The molecule has 2 aliphatic rings. The van der Waals surface area contributed by atoms with Gasteiger partial charge in [-0.3, -0.25) is 14.5 Å². The van der Waals surface area contributed by atoms with Crippen molar-refractivity contribution < 1.29 is 9.59 Å². The minimum Gasteiger partial charge on any atom is -0.352 e. The molecule has 2 amide bonds. The Balaban J connectivity index is 1.47. The van der Waals surface area contributed by atoms with Gasteiger partial charge >= 0.3 is 0 Å².